The second kappa shape index (κ2) is 8.92. The van der Waals surface area contributed by atoms with Crippen LogP contribution >= 0.6 is 0 Å². The van der Waals surface area contributed by atoms with E-state index in [1.54, 1.807) is 0 Å². The van der Waals surface area contributed by atoms with Crippen LogP contribution in [0.5, 0.6) is 5.75 Å². The number of nitrogens with one attached hydrogen (secondary N) is 1. The van der Waals surface area contributed by atoms with E-state index in [4.69, 9.17) is 9.47 Å². The molecule has 2 aromatic rings. The number of hydrogen-bond donors (Lipinski definition) is 1. The van der Waals surface area contributed by atoms with Gasteiger partial charge < -0.3 is 14.8 Å². The minimum Gasteiger partial charge on any atom is -0.491 e. The smallest absolute Gasteiger partial charge is 0.126 e. The lowest BCUT2D eigenvalue weighted by Gasteiger charge is -2.23. The summed E-state index contributed by atoms with van der Waals surface area (Å²) in [7, 11) is 0. The first-order valence-corrected chi connectivity index (χ1v) is 8.67. The molecule has 3 rings (SSSR count). The zero-order valence-electron chi connectivity index (χ0n) is 14.1. The summed E-state index contributed by atoms with van der Waals surface area (Å²) in [4.78, 5) is 0. The molecule has 1 N–H and O–H groups in total. The van der Waals surface area contributed by atoms with Gasteiger partial charge in [0, 0.05) is 6.07 Å². The van der Waals surface area contributed by atoms with Gasteiger partial charge in [-0.05, 0) is 67.2 Å². The molecule has 1 heterocycles. The summed E-state index contributed by atoms with van der Waals surface area (Å²) in [6, 6.07) is 11.6. The quantitative estimate of drug-likeness (QED) is 0.767. The van der Waals surface area contributed by atoms with E-state index in [1.165, 1.54) is 17.7 Å². The molecule has 0 aromatic heterocycles. The Bertz CT molecular complexity index is 667. The van der Waals surface area contributed by atoms with Crippen molar-refractivity contribution in [1.82, 2.24) is 5.32 Å². The summed E-state index contributed by atoms with van der Waals surface area (Å²) in [6.07, 6.45) is 2.30. The van der Waals surface area contributed by atoms with Crippen molar-refractivity contribution >= 4 is 0 Å². The van der Waals surface area contributed by atoms with Crippen molar-refractivity contribution in [2.75, 3.05) is 26.3 Å². The summed E-state index contributed by atoms with van der Waals surface area (Å²) >= 11 is 0. The highest BCUT2D eigenvalue weighted by molar-refractivity contribution is 5.31. The van der Waals surface area contributed by atoms with Crippen LogP contribution in [0, 0.1) is 11.6 Å². The Balaban J connectivity index is 1.42. The molecule has 1 fully saturated rings. The minimum atomic E-state index is -0.593. The van der Waals surface area contributed by atoms with Crippen LogP contribution in [0.1, 0.15) is 29.9 Å². The molecular weight excluding hydrogens is 324 g/mol. The van der Waals surface area contributed by atoms with Gasteiger partial charge >= 0.3 is 0 Å². The average Bonchev–Trinajstić information content (AvgIpc) is 2.62. The summed E-state index contributed by atoms with van der Waals surface area (Å²) in [5.74, 6) is 0.231. The lowest BCUT2D eigenvalue weighted by atomic mass is 9.90. The maximum absolute atomic E-state index is 13.1. The number of halogens is 2. The van der Waals surface area contributed by atoms with Crippen LogP contribution < -0.4 is 10.1 Å². The molecule has 0 atom stereocenters. The number of rotatable bonds is 7. The summed E-state index contributed by atoms with van der Waals surface area (Å²) in [5, 5.41) is 3.37. The van der Waals surface area contributed by atoms with Gasteiger partial charge in [0.05, 0.1) is 13.2 Å². The van der Waals surface area contributed by atoms with Gasteiger partial charge in [0.2, 0.25) is 0 Å². The van der Waals surface area contributed by atoms with Gasteiger partial charge in [0.1, 0.15) is 24.0 Å². The van der Waals surface area contributed by atoms with E-state index in [-0.39, 0.29) is 6.61 Å². The third-order valence-corrected chi connectivity index (χ3v) is 4.36. The monoisotopic (exact) mass is 347 g/mol. The molecule has 134 valence electrons. The predicted octanol–water partition coefficient (Wildman–Crippen LogP) is 4.03. The fraction of sp³-hybridized carbons (Fsp3) is 0.400. The number of ether oxygens (including phenoxy) is 2. The number of benzene rings is 2. The molecule has 5 heteroatoms. The molecule has 1 aliphatic rings. The molecule has 0 bridgehead atoms. The Morgan fingerprint density at radius 2 is 1.72 bits per heavy atom. The minimum absolute atomic E-state index is 0.160. The zero-order chi connectivity index (χ0) is 17.5. The highest BCUT2D eigenvalue weighted by Gasteiger charge is 2.15. The van der Waals surface area contributed by atoms with Crippen molar-refractivity contribution < 1.29 is 18.3 Å². The molecule has 0 aliphatic carbocycles. The van der Waals surface area contributed by atoms with Crippen LogP contribution in [0.4, 0.5) is 8.78 Å². The Morgan fingerprint density at radius 3 is 2.48 bits per heavy atom. The molecular formula is C20H23F2NO2. The van der Waals surface area contributed by atoms with E-state index in [9.17, 15) is 8.78 Å². The molecule has 0 unspecified atom stereocenters. The third kappa shape index (κ3) is 5.51. The van der Waals surface area contributed by atoms with Gasteiger partial charge in [-0.25, -0.2) is 8.78 Å². The second-order valence-electron chi connectivity index (χ2n) is 6.28. The molecule has 25 heavy (non-hydrogen) atoms. The Morgan fingerprint density at radius 1 is 0.960 bits per heavy atom. The van der Waals surface area contributed by atoms with Gasteiger partial charge in [0.15, 0.2) is 0 Å². The predicted molar refractivity (Wildman–Crippen MR) is 92.8 cm³/mol. The van der Waals surface area contributed by atoms with E-state index in [0.717, 1.165) is 37.7 Å². The number of piperidine rings is 1. The van der Waals surface area contributed by atoms with Crippen LogP contribution in [-0.2, 0) is 11.3 Å². The Kier molecular flexibility index (Phi) is 6.36. The summed E-state index contributed by atoms with van der Waals surface area (Å²) < 4.78 is 37.3. The topological polar surface area (TPSA) is 30.5 Å². The molecule has 1 saturated heterocycles. The van der Waals surface area contributed by atoms with Crippen molar-refractivity contribution in [3.8, 4) is 5.75 Å². The van der Waals surface area contributed by atoms with Crippen molar-refractivity contribution in [3.63, 3.8) is 0 Å². The van der Waals surface area contributed by atoms with Gasteiger partial charge in [-0.15, -0.1) is 0 Å². The second-order valence-corrected chi connectivity index (χ2v) is 6.28. The highest BCUT2D eigenvalue weighted by atomic mass is 19.1. The SMILES string of the molecule is Fc1cc(F)cc(COCCOc2cccc(C3CCNCC3)c2)c1. The van der Waals surface area contributed by atoms with Crippen LogP contribution in [0.3, 0.4) is 0 Å². The zero-order valence-corrected chi connectivity index (χ0v) is 14.1. The third-order valence-electron chi connectivity index (χ3n) is 4.36. The van der Waals surface area contributed by atoms with Crippen molar-refractivity contribution in [3.05, 3.63) is 65.2 Å². The Labute approximate surface area is 147 Å². The first kappa shape index (κ1) is 17.8. The average molecular weight is 347 g/mol. The molecule has 1 aliphatic heterocycles. The lowest BCUT2D eigenvalue weighted by Crippen LogP contribution is -2.26. The normalized spacial score (nSPS) is 15.3. The van der Waals surface area contributed by atoms with E-state index in [2.05, 4.69) is 17.4 Å². The van der Waals surface area contributed by atoms with Crippen LogP contribution in [-0.4, -0.2) is 26.3 Å². The fourth-order valence-electron chi connectivity index (χ4n) is 3.12. The van der Waals surface area contributed by atoms with Gasteiger partial charge in [-0.1, -0.05) is 12.1 Å². The van der Waals surface area contributed by atoms with Crippen LogP contribution in [0.25, 0.3) is 0 Å². The van der Waals surface area contributed by atoms with E-state index in [0.29, 0.717) is 24.7 Å². The summed E-state index contributed by atoms with van der Waals surface area (Å²) in [5.41, 5.74) is 1.79. The summed E-state index contributed by atoms with van der Waals surface area (Å²) in [6.45, 7) is 3.03. The molecule has 3 nitrogen and oxygen atoms in total. The molecule has 0 amide bonds. The largest absolute Gasteiger partial charge is 0.491 e. The molecule has 0 saturated carbocycles. The van der Waals surface area contributed by atoms with Gasteiger partial charge in [-0.2, -0.15) is 0 Å². The van der Waals surface area contributed by atoms with Gasteiger partial charge in [0.25, 0.3) is 0 Å². The van der Waals surface area contributed by atoms with Crippen LogP contribution in [0.15, 0.2) is 42.5 Å². The molecule has 0 radical (unpaired) electrons. The molecule has 0 spiro atoms. The standard InChI is InChI=1S/C20H23F2NO2/c21-18-10-15(11-19(22)13-18)14-24-8-9-25-20-3-1-2-17(12-20)16-4-6-23-7-5-16/h1-3,10-13,16,23H,4-9,14H2. The van der Waals surface area contributed by atoms with Crippen molar-refractivity contribution in [1.29, 1.82) is 0 Å². The van der Waals surface area contributed by atoms with Crippen molar-refractivity contribution in [2.24, 2.45) is 0 Å². The molecule has 2 aromatic carbocycles. The van der Waals surface area contributed by atoms with Gasteiger partial charge in [-0.3, -0.25) is 0 Å². The lowest BCUT2D eigenvalue weighted by molar-refractivity contribution is 0.0886. The van der Waals surface area contributed by atoms with E-state index < -0.39 is 11.6 Å². The maximum Gasteiger partial charge on any atom is 0.126 e. The fourth-order valence-corrected chi connectivity index (χ4v) is 3.12. The number of hydrogen-bond acceptors (Lipinski definition) is 3. The van der Waals surface area contributed by atoms with Crippen molar-refractivity contribution in [2.45, 2.75) is 25.4 Å². The van der Waals surface area contributed by atoms with Crippen LogP contribution in [0.2, 0.25) is 0 Å². The maximum atomic E-state index is 13.1. The Hall–Kier alpha value is -1.98. The first-order valence-electron chi connectivity index (χ1n) is 8.67. The van der Waals surface area contributed by atoms with E-state index in [1.807, 2.05) is 12.1 Å². The van der Waals surface area contributed by atoms with E-state index >= 15 is 0 Å². The first-order chi connectivity index (χ1) is 12.2. The highest BCUT2D eigenvalue weighted by Crippen LogP contribution is 2.27.